The Morgan fingerprint density at radius 1 is 1.36 bits per heavy atom. The summed E-state index contributed by atoms with van der Waals surface area (Å²) in [6, 6.07) is 7.46. The third-order valence-electron chi connectivity index (χ3n) is 4.52. The first-order valence-electron chi connectivity index (χ1n) is 7.66. The zero-order valence-electron chi connectivity index (χ0n) is 12.6. The first-order valence-corrected chi connectivity index (χ1v) is 8.04. The number of pyridine rings is 1. The van der Waals surface area contributed by atoms with E-state index in [-0.39, 0.29) is 11.9 Å². The first-order chi connectivity index (χ1) is 10.6. The van der Waals surface area contributed by atoms with Crippen molar-refractivity contribution in [2.24, 2.45) is 11.7 Å². The molecule has 1 amide bonds. The molecule has 5 heteroatoms. The van der Waals surface area contributed by atoms with E-state index < -0.39 is 0 Å². The minimum Gasteiger partial charge on any atom is -0.339 e. The Morgan fingerprint density at radius 2 is 2.09 bits per heavy atom. The molecule has 1 saturated heterocycles. The van der Waals surface area contributed by atoms with Crippen molar-refractivity contribution in [3.05, 3.63) is 41.0 Å². The van der Waals surface area contributed by atoms with Crippen molar-refractivity contribution in [2.75, 3.05) is 13.1 Å². The highest BCUT2D eigenvalue weighted by Crippen LogP contribution is 2.27. The second kappa shape index (κ2) is 6.23. The summed E-state index contributed by atoms with van der Waals surface area (Å²) in [7, 11) is 0. The maximum absolute atomic E-state index is 12.8. The third kappa shape index (κ3) is 2.81. The molecule has 2 N–H and O–H groups in total. The average Bonchev–Trinajstić information content (AvgIpc) is 2.55. The molecule has 116 valence electrons. The number of likely N-dealkylation sites (tertiary alicyclic amines) is 1. The van der Waals surface area contributed by atoms with E-state index in [1.807, 2.05) is 24.0 Å². The van der Waals surface area contributed by atoms with Gasteiger partial charge in [0, 0.05) is 30.7 Å². The normalized spacial score (nSPS) is 17.7. The Hall–Kier alpha value is -1.65. The molecule has 3 rings (SSSR count). The van der Waals surface area contributed by atoms with Gasteiger partial charge in [0.25, 0.3) is 5.91 Å². The predicted molar refractivity (Wildman–Crippen MR) is 89.0 cm³/mol. The van der Waals surface area contributed by atoms with Gasteiger partial charge in [-0.15, -0.1) is 0 Å². The Labute approximate surface area is 135 Å². The number of fused-ring (bicyclic) bond motifs is 1. The molecule has 0 spiro atoms. The average molecular weight is 318 g/mol. The fourth-order valence-corrected chi connectivity index (χ4v) is 3.32. The number of carbonyl (C=O) groups excluding carboxylic acids is 1. The maximum Gasteiger partial charge on any atom is 0.256 e. The molecular weight excluding hydrogens is 298 g/mol. The number of hydrogen-bond donors (Lipinski definition) is 1. The fraction of sp³-hybridized carbons (Fsp3) is 0.412. The van der Waals surface area contributed by atoms with Crippen molar-refractivity contribution in [3.63, 3.8) is 0 Å². The number of halogens is 1. The quantitative estimate of drug-likeness (QED) is 0.926. The lowest BCUT2D eigenvalue weighted by Crippen LogP contribution is -2.42. The van der Waals surface area contributed by atoms with Gasteiger partial charge in [-0.2, -0.15) is 0 Å². The number of amides is 1. The zero-order valence-corrected chi connectivity index (χ0v) is 13.4. The zero-order chi connectivity index (χ0) is 15.7. The monoisotopic (exact) mass is 317 g/mol. The summed E-state index contributed by atoms with van der Waals surface area (Å²) < 4.78 is 0. The van der Waals surface area contributed by atoms with E-state index in [1.54, 1.807) is 18.3 Å². The predicted octanol–water partition coefficient (Wildman–Crippen LogP) is 3.09. The van der Waals surface area contributed by atoms with Crippen molar-refractivity contribution in [3.8, 4) is 0 Å². The SMILES string of the molecule is CC(N)C1CCN(C(=O)c2ccc(Cl)c3cccnc23)CC1. The highest BCUT2D eigenvalue weighted by molar-refractivity contribution is 6.36. The molecule has 0 aliphatic carbocycles. The molecular formula is C17H20ClN3O. The second-order valence-electron chi connectivity index (χ2n) is 5.98. The van der Waals surface area contributed by atoms with E-state index in [4.69, 9.17) is 17.3 Å². The van der Waals surface area contributed by atoms with E-state index in [9.17, 15) is 4.79 Å². The Bertz CT molecular complexity index is 693. The molecule has 1 aromatic heterocycles. The molecule has 0 bridgehead atoms. The molecule has 1 aliphatic heterocycles. The summed E-state index contributed by atoms with van der Waals surface area (Å²) in [5, 5.41) is 1.44. The van der Waals surface area contributed by atoms with Crippen LogP contribution < -0.4 is 5.73 Å². The van der Waals surface area contributed by atoms with Gasteiger partial charge in [0.2, 0.25) is 0 Å². The minimum atomic E-state index is 0.0310. The number of nitrogens with two attached hydrogens (primary N) is 1. The molecule has 1 aromatic carbocycles. The van der Waals surface area contributed by atoms with Crippen LogP contribution in [0.1, 0.15) is 30.1 Å². The van der Waals surface area contributed by atoms with Crippen LogP contribution in [0.5, 0.6) is 0 Å². The number of piperidine rings is 1. The van der Waals surface area contributed by atoms with E-state index in [0.29, 0.717) is 22.0 Å². The largest absolute Gasteiger partial charge is 0.339 e. The smallest absolute Gasteiger partial charge is 0.256 e. The van der Waals surface area contributed by atoms with Crippen LogP contribution in [0.2, 0.25) is 5.02 Å². The second-order valence-corrected chi connectivity index (χ2v) is 6.39. The van der Waals surface area contributed by atoms with Gasteiger partial charge < -0.3 is 10.6 Å². The molecule has 1 unspecified atom stereocenters. The van der Waals surface area contributed by atoms with Crippen LogP contribution >= 0.6 is 11.6 Å². The summed E-state index contributed by atoms with van der Waals surface area (Å²) >= 11 is 6.19. The minimum absolute atomic E-state index is 0.0310. The van der Waals surface area contributed by atoms with Crippen molar-refractivity contribution in [1.29, 1.82) is 0 Å². The van der Waals surface area contributed by atoms with Crippen LogP contribution in [-0.2, 0) is 0 Å². The van der Waals surface area contributed by atoms with Gasteiger partial charge in [-0.3, -0.25) is 9.78 Å². The number of aromatic nitrogens is 1. The molecule has 2 aromatic rings. The van der Waals surface area contributed by atoms with Crippen molar-refractivity contribution >= 4 is 28.4 Å². The van der Waals surface area contributed by atoms with Crippen LogP contribution in [0.15, 0.2) is 30.5 Å². The van der Waals surface area contributed by atoms with Crippen LogP contribution in [0, 0.1) is 5.92 Å². The molecule has 4 nitrogen and oxygen atoms in total. The number of hydrogen-bond acceptors (Lipinski definition) is 3. The molecule has 0 saturated carbocycles. The van der Waals surface area contributed by atoms with Gasteiger partial charge in [0.05, 0.1) is 16.1 Å². The maximum atomic E-state index is 12.8. The number of benzene rings is 1. The van der Waals surface area contributed by atoms with Crippen LogP contribution in [0.25, 0.3) is 10.9 Å². The van der Waals surface area contributed by atoms with Crippen molar-refractivity contribution in [2.45, 2.75) is 25.8 Å². The molecule has 0 radical (unpaired) electrons. The van der Waals surface area contributed by atoms with Gasteiger partial charge in [-0.05, 0) is 49.9 Å². The van der Waals surface area contributed by atoms with E-state index in [0.717, 1.165) is 31.3 Å². The van der Waals surface area contributed by atoms with Crippen molar-refractivity contribution < 1.29 is 4.79 Å². The summed E-state index contributed by atoms with van der Waals surface area (Å²) in [6.45, 7) is 3.54. The van der Waals surface area contributed by atoms with Crippen molar-refractivity contribution in [1.82, 2.24) is 9.88 Å². The van der Waals surface area contributed by atoms with Gasteiger partial charge >= 0.3 is 0 Å². The van der Waals surface area contributed by atoms with Gasteiger partial charge in [-0.25, -0.2) is 0 Å². The lowest BCUT2D eigenvalue weighted by atomic mass is 9.90. The van der Waals surface area contributed by atoms with E-state index >= 15 is 0 Å². The van der Waals surface area contributed by atoms with Crippen LogP contribution in [0.4, 0.5) is 0 Å². The first kappa shape index (κ1) is 15.3. The summed E-state index contributed by atoms with van der Waals surface area (Å²) in [6.07, 6.45) is 3.61. The molecule has 2 heterocycles. The van der Waals surface area contributed by atoms with Gasteiger partial charge in [0.15, 0.2) is 0 Å². The topological polar surface area (TPSA) is 59.2 Å². The standard InChI is InChI=1S/C17H20ClN3O/c1-11(19)12-6-9-21(10-7-12)17(22)14-4-5-15(18)13-3-2-8-20-16(13)14/h2-5,8,11-12H,6-7,9-10,19H2,1H3. The highest BCUT2D eigenvalue weighted by Gasteiger charge is 2.26. The third-order valence-corrected chi connectivity index (χ3v) is 4.85. The molecule has 1 aliphatic rings. The van der Waals surface area contributed by atoms with E-state index in [1.165, 1.54) is 0 Å². The Kier molecular flexibility index (Phi) is 4.32. The van der Waals surface area contributed by atoms with Gasteiger partial charge in [-0.1, -0.05) is 11.6 Å². The van der Waals surface area contributed by atoms with Crippen LogP contribution in [0.3, 0.4) is 0 Å². The lowest BCUT2D eigenvalue weighted by Gasteiger charge is -2.33. The molecule has 1 fully saturated rings. The molecule has 22 heavy (non-hydrogen) atoms. The number of rotatable bonds is 2. The summed E-state index contributed by atoms with van der Waals surface area (Å²) in [4.78, 5) is 19.1. The van der Waals surface area contributed by atoms with Crippen LogP contribution in [-0.4, -0.2) is 34.9 Å². The Morgan fingerprint density at radius 3 is 2.77 bits per heavy atom. The van der Waals surface area contributed by atoms with Gasteiger partial charge in [0.1, 0.15) is 0 Å². The fourth-order valence-electron chi connectivity index (χ4n) is 3.11. The summed E-state index contributed by atoms with van der Waals surface area (Å²) in [5.41, 5.74) is 7.26. The lowest BCUT2D eigenvalue weighted by molar-refractivity contribution is 0.0683. The Balaban J connectivity index is 1.86. The molecule has 1 atom stereocenters. The van der Waals surface area contributed by atoms with E-state index in [2.05, 4.69) is 4.98 Å². The number of carbonyl (C=O) groups is 1. The summed E-state index contributed by atoms with van der Waals surface area (Å²) in [5.74, 6) is 0.535. The number of nitrogens with zero attached hydrogens (tertiary/aromatic N) is 2. The highest BCUT2D eigenvalue weighted by atomic mass is 35.5.